The number of carbonyl (C=O) groups excluding carboxylic acids is 3. The first-order valence-electron chi connectivity index (χ1n) is 12.0. The lowest BCUT2D eigenvalue weighted by molar-refractivity contribution is -0.531. The Bertz CT molecular complexity index is 702. The second-order valence-electron chi connectivity index (χ2n) is 8.53. The fourth-order valence-electron chi connectivity index (χ4n) is 2.21. The summed E-state index contributed by atoms with van der Waals surface area (Å²) in [4.78, 5) is 33.0. The van der Waals surface area contributed by atoms with Crippen molar-refractivity contribution in [3.63, 3.8) is 0 Å². The van der Waals surface area contributed by atoms with Crippen molar-refractivity contribution in [2.75, 3.05) is 52.8 Å². The molecule has 0 bridgehead atoms. The number of Topliss-reactive ketones (excluding diaryl/α,β-unsaturated/α-hetero) is 1. The molecule has 212 valence electrons. The highest BCUT2D eigenvalue weighted by molar-refractivity contribution is 8.07. The van der Waals surface area contributed by atoms with Crippen LogP contribution in [0.1, 0.15) is 54.4 Å². The molecule has 1 aliphatic rings. The molecule has 1 saturated heterocycles. The Morgan fingerprint density at radius 3 is 2.31 bits per heavy atom. The van der Waals surface area contributed by atoms with Gasteiger partial charge in [-0.1, -0.05) is 13.8 Å². The highest BCUT2D eigenvalue weighted by Gasteiger charge is 2.44. The molecular formula is C23H47N4O7S2+. The first kappa shape index (κ1) is 36.8. The van der Waals surface area contributed by atoms with Crippen molar-refractivity contribution in [1.29, 1.82) is 0 Å². The molecule has 0 radical (unpaired) electrons. The fourth-order valence-corrected chi connectivity index (χ4v) is 3.37. The molecule has 11 nitrogen and oxygen atoms in total. The molecule has 0 aliphatic carbocycles. The van der Waals surface area contributed by atoms with Crippen LogP contribution in [0.5, 0.6) is 0 Å². The molecule has 1 amide bonds. The number of hydrogen-bond acceptors (Lipinski definition) is 8. The predicted molar refractivity (Wildman–Crippen MR) is 146 cm³/mol. The summed E-state index contributed by atoms with van der Waals surface area (Å²) < 4.78 is 32.8. The van der Waals surface area contributed by atoms with E-state index in [2.05, 4.69) is 22.9 Å². The van der Waals surface area contributed by atoms with E-state index in [1.54, 1.807) is 31.9 Å². The second-order valence-corrected chi connectivity index (χ2v) is 11.1. The molecule has 3 unspecified atom stereocenters. The molecular weight excluding hydrogens is 508 g/mol. The minimum absolute atomic E-state index is 0.0415. The largest absolute Gasteiger partial charge is 0.378 e. The van der Waals surface area contributed by atoms with Gasteiger partial charge in [0.25, 0.3) is 0 Å². The molecule has 1 rings (SSSR count). The van der Waals surface area contributed by atoms with Gasteiger partial charge >= 0.3 is 0 Å². The highest BCUT2D eigenvalue weighted by atomic mass is 32.2. The van der Waals surface area contributed by atoms with E-state index >= 15 is 0 Å². The number of thioether (sulfide) groups is 1. The molecule has 1 aliphatic heterocycles. The van der Waals surface area contributed by atoms with Crippen LogP contribution in [0.25, 0.3) is 0 Å². The maximum atomic E-state index is 11.7. The number of nitrogens with zero attached hydrogens (tertiary/aromatic N) is 1. The smallest absolute Gasteiger partial charge is 0.233 e. The standard InChI is InChI=1S/C13H23N3O4S2.C8H17NO3.C2H6/c1-12(2,7-17)15-10(18)5-6-11(22(19)20)14-9-16(4)13(3)8-21-13;1-8(10)7-12-6-5-11-4-3-9-2;1-2/h7,9,11H,5-6,8H2,1-4H3,(H2,15,18,19,20);9H,3-7H2,1-2H3;1-2H3/p+1. The van der Waals surface area contributed by atoms with E-state index in [9.17, 15) is 23.1 Å². The van der Waals surface area contributed by atoms with Crippen LogP contribution in [-0.4, -0.2) is 106 Å². The number of hydrogen-bond donors (Lipinski definition) is 4. The molecule has 1 heterocycles. The van der Waals surface area contributed by atoms with Gasteiger partial charge < -0.3 is 29.5 Å². The van der Waals surface area contributed by atoms with Gasteiger partial charge in [-0.05, 0) is 34.7 Å². The number of aldehydes is 1. The SMILES string of the molecule is C/[N+](=C\NC(CCC(=O)NC(C)(C)C=O)S(=O)O)C1(C)CS1.CC.CNCCOCCOCC(C)=O. The van der Waals surface area contributed by atoms with Gasteiger partial charge in [-0.2, -0.15) is 0 Å². The van der Waals surface area contributed by atoms with Crippen LogP contribution < -0.4 is 16.0 Å². The van der Waals surface area contributed by atoms with Gasteiger partial charge in [-0.3, -0.25) is 19.5 Å². The van der Waals surface area contributed by atoms with Crippen LogP contribution in [0.4, 0.5) is 0 Å². The molecule has 1 fully saturated rings. The number of nitrogens with one attached hydrogen (secondary N) is 3. The van der Waals surface area contributed by atoms with Gasteiger partial charge in [0.1, 0.15) is 12.9 Å². The van der Waals surface area contributed by atoms with Crippen LogP contribution >= 0.6 is 11.8 Å². The zero-order valence-corrected chi connectivity index (χ0v) is 24.7. The van der Waals surface area contributed by atoms with Gasteiger partial charge in [-0.15, -0.1) is 11.8 Å². The highest BCUT2D eigenvalue weighted by Crippen LogP contribution is 2.43. The minimum atomic E-state index is -2.09. The minimum Gasteiger partial charge on any atom is -0.378 e. The topological polar surface area (TPSA) is 146 Å². The normalized spacial score (nSPS) is 18.4. The van der Waals surface area contributed by atoms with Crippen molar-refractivity contribution in [3.05, 3.63) is 0 Å². The zero-order chi connectivity index (χ0) is 28.2. The molecule has 0 saturated carbocycles. The second kappa shape index (κ2) is 20.7. The Kier molecular flexibility index (Phi) is 21.1. The van der Waals surface area contributed by atoms with E-state index in [0.29, 0.717) is 26.1 Å². The van der Waals surface area contributed by atoms with Gasteiger partial charge in [0.15, 0.2) is 27.1 Å². The van der Waals surface area contributed by atoms with Crippen molar-refractivity contribution in [3.8, 4) is 0 Å². The van der Waals surface area contributed by atoms with Gasteiger partial charge in [0, 0.05) is 19.4 Å². The van der Waals surface area contributed by atoms with E-state index < -0.39 is 22.0 Å². The third-order valence-corrected chi connectivity index (χ3v) is 6.84. The van der Waals surface area contributed by atoms with Crippen LogP contribution in [0.2, 0.25) is 0 Å². The first-order chi connectivity index (χ1) is 16.9. The van der Waals surface area contributed by atoms with Crippen molar-refractivity contribution in [1.82, 2.24) is 16.0 Å². The summed E-state index contributed by atoms with van der Waals surface area (Å²) in [6, 6.07) is 0. The van der Waals surface area contributed by atoms with Gasteiger partial charge in [0.2, 0.25) is 12.2 Å². The Balaban J connectivity index is 0. The number of likely N-dealkylation sites (N-methyl/N-ethyl adjacent to an activating group) is 1. The zero-order valence-electron chi connectivity index (χ0n) is 23.0. The van der Waals surface area contributed by atoms with Crippen molar-refractivity contribution >= 4 is 47.2 Å². The van der Waals surface area contributed by atoms with E-state index in [0.717, 1.165) is 12.3 Å². The number of ketones is 1. The summed E-state index contributed by atoms with van der Waals surface area (Å²) in [7, 11) is 3.76. The number of ether oxygens (including phenoxy) is 2. The fraction of sp³-hybridized carbons (Fsp3) is 0.826. The summed E-state index contributed by atoms with van der Waals surface area (Å²) >= 11 is -0.308. The van der Waals surface area contributed by atoms with Crippen molar-refractivity contribution in [2.45, 2.75) is 70.2 Å². The maximum Gasteiger partial charge on any atom is 0.233 e. The van der Waals surface area contributed by atoms with Gasteiger partial charge in [0.05, 0.1) is 38.2 Å². The maximum absolute atomic E-state index is 11.7. The summed E-state index contributed by atoms with van der Waals surface area (Å²) in [6.07, 6.45) is 2.58. The summed E-state index contributed by atoms with van der Waals surface area (Å²) in [5, 5.41) is 7.67. The molecule has 0 spiro atoms. The molecule has 0 aromatic carbocycles. The van der Waals surface area contributed by atoms with Crippen LogP contribution in [0.15, 0.2) is 0 Å². The van der Waals surface area contributed by atoms with Crippen molar-refractivity contribution in [2.24, 2.45) is 0 Å². The predicted octanol–water partition coefficient (Wildman–Crippen LogP) is 0.986. The van der Waals surface area contributed by atoms with Crippen molar-refractivity contribution < 1.29 is 37.2 Å². The molecule has 36 heavy (non-hydrogen) atoms. The Morgan fingerprint density at radius 2 is 1.83 bits per heavy atom. The molecule has 3 atom stereocenters. The average molecular weight is 556 g/mol. The van der Waals surface area contributed by atoms with E-state index in [-0.39, 0.29) is 36.0 Å². The third kappa shape index (κ3) is 19.8. The van der Waals surface area contributed by atoms with Gasteiger partial charge in [-0.25, -0.2) is 4.21 Å². The summed E-state index contributed by atoms with van der Waals surface area (Å²) in [5.74, 6) is 0.732. The Hall–Kier alpha value is -1.38. The number of amides is 1. The summed E-state index contributed by atoms with van der Waals surface area (Å²) in [6.45, 7) is 13.5. The number of carbonyl (C=O) groups is 3. The van der Waals surface area contributed by atoms with Crippen LogP contribution in [-0.2, 0) is 34.9 Å². The van der Waals surface area contributed by atoms with E-state index in [1.165, 1.54) is 6.92 Å². The Morgan fingerprint density at radius 1 is 1.25 bits per heavy atom. The lowest BCUT2D eigenvalue weighted by Gasteiger charge is -2.19. The summed E-state index contributed by atoms with van der Waals surface area (Å²) in [5.41, 5.74) is -0.928. The lowest BCUT2D eigenvalue weighted by atomic mass is 10.1. The average Bonchev–Trinajstić information content (AvgIpc) is 3.58. The Labute approximate surface area is 223 Å². The van der Waals surface area contributed by atoms with Crippen LogP contribution in [0, 0.1) is 0 Å². The van der Waals surface area contributed by atoms with Crippen LogP contribution in [0.3, 0.4) is 0 Å². The molecule has 0 aromatic rings. The monoisotopic (exact) mass is 555 g/mol. The lowest BCUT2D eigenvalue weighted by Crippen LogP contribution is -2.45. The third-order valence-electron chi connectivity index (χ3n) is 4.57. The number of rotatable bonds is 17. The molecule has 0 aromatic heterocycles. The quantitative estimate of drug-likeness (QED) is 0.0390. The molecule has 4 N–H and O–H groups in total. The van der Waals surface area contributed by atoms with E-state index in [4.69, 9.17) is 9.47 Å². The molecule has 13 heteroatoms. The first-order valence-corrected chi connectivity index (χ1v) is 14.1. The van der Waals surface area contributed by atoms with E-state index in [1.807, 2.05) is 32.5 Å².